The van der Waals surface area contributed by atoms with E-state index in [2.05, 4.69) is 0 Å². The molecule has 1 aromatic carbocycles. The van der Waals surface area contributed by atoms with E-state index in [-0.39, 0.29) is 18.1 Å². The number of carboxylic acid groups (broad SMARTS) is 1. The van der Waals surface area contributed by atoms with E-state index in [0.29, 0.717) is 12.4 Å². The number of ether oxygens (including phenoxy) is 1. The quantitative estimate of drug-likeness (QED) is 0.775. The average Bonchev–Trinajstić information content (AvgIpc) is 2.46. The van der Waals surface area contributed by atoms with Crippen molar-refractivity contribution in [2.75, 3.05) is 6.61 Å². The molecule has 2 N–H and O–H groups in total. The third-order valence-corrected chi connectivity index (χ3v) is 2.60. The van der Waals surface area contributed by atoms with Crippen molar-refractivity contribution in [2.24, 2.45) is 0 Å². The molecule has 0 saturated carbocycles. The van der Waals surface area contributed by atoms with E-state index in [1.807, 2.05) is 6.92 Å². The second-order valence-corrected chi connectivity index (χ2v) is 3.78. The van der Waals surface area contributed by atoms with Crippen LogP contribution in [0, 0.1) is 6.92 Å². The summed E-state index contributed by atoms with van der Waals surface area (Å²) in [6.07, 6.45) is 0.0681. The summed E-state index contributed by atoms with van der Waals surface area (Å²) < 4.78 is 5.35. The molecule has 2 rings (SSSR count). The Bertz CT molecular complexity index is 411. The van der Waals surface area contributed by atoms with Gasteiger partial charge in [-0.25, -0.2) is 0 Å². The Balaban J connectivity index is 2.37. The maximum Gasteiger partial charge on any atom is 0.304 e. The number of phenolic OH excluding ortho intramolecular Hbond substituents is 1. The summed E-state index contributed by atoms with van der Waals surface area (Å²) in [6.45, 7) is 2.23. The summed E-state index contributed by atoms with van der Waals surface area (Å²) in [7, 11) is 0. The number of hydrogen-bond donors (Lipinski definition) is 2. The van der Waals surface area contributed by atoms with E-state index >= 15 is 0 Å². The monoisotopic (exact) mass is 208 g/mol. The lowest BCUT2D eigenvalue weighted by molar-refractivity contribution is -0.137. The molecule has 1 aliphatic rings. The fourth-order valence-electron chi connectivity index (χ4n) is 2.04. The molecule has 1 heterocycles. The van der Waals surface area contributed by atoms with Crippen LogP contribution >= 0.6 is 0 Å². The van der Waals surface area contributed by atoms with Crippen molar-refractivity contribution in [1.29, 1.82) is 0 Å². The highest BCUT2D eigenvalue weighted by atomic mass is 16.5. The number of fused-ring (bicyclic) bond motifs is 1. The standard InChI is InChI=1S/C11H12O4/c1-6-2-8(12)4-9-11(6)7(5-15-9)3-10(13)14/h2,4,7,12H,3,5H2,1H3,(H,13,14). The van der Waals surface area contributed by atoms with Crippen LogP contribution in [0.1, 0.15) is 23.5 Å². The second-order valence-electron chi connectivity index (χ2n) is 3.78. The maximum absolute atomic E-state index is 10.6. The zero-order chi connectivity index (χ0) is 11.0. The van der Waals surface area contributed by atoms with Gasteiger partial charge in [0.25, 0.3) is 0 Å². The molecule has 0 radical (unpaired) electrons. The largest absolute Gasteiger partial charge is 0.508 e. The van der Waals surface area contributed by atoms with Gasteiger partial charge in [-0.3, -0.25) is 4.79 Å². The molecule has 0 aromatic heterocycles. The summed E-state index contributed by atoms with van der Waals surface area (Å²) in [4.78, 5) is 10.6. The molecule has 15 heavy (non-hydrogen) atoms. The van der Waals surface area contributed by atoms with Gasteiger partial charge in [-0.2, -0.15) is 0 Å². The Morgan fingerprint density at radius 3 is 3.00 bits per heavy atom. The van der Waals surface area contributed by atoms with E-state index in [9.17, 15) is 9.90 Å². The zero-order valence-corrected chi connectivity index (χ0v) is 8.36. The van der Waals surface area contributed by atoms with Gasteiger partial charge in [0.1, 0.15) is 11.5 Å². The number of phenols is 1. The Morgan fingerprint density at radius 2 is 2.33 bits per heavy atom. The van der Waals surface area contributed by atoms with Crippen LogP contribution in [0.25, 0.3) is 0 Å². The van der Waals surface area contributed by atoms with Crippen molar-refractivity contribution in [3.63, 3.8) is 0 Å². The minimum absolute atomic E-state index is 0.0681. The number of carboxylic acids is 1. The highest BCUT2D eigenvalue weighted by Crippen LogP contribution is 2.40. The number of rotatable bonds is 2. The first-order valence-electron chi connectivity index (χ1n) is 4.76. The van der Waals surface area contributed by atoms with Crippen molar-refractivity contribution in [2.45, 2.75) is 19.3 Å². The first-order valence-corrected chi connectivity index (χ1v) is 4.76. The lowest BCUT2D eigenvalue weighted by Crippen LogP contribution is -2.08. The van der Waals surface area contributed by atoms with Gasteiger partial charge >= 0.3 is 5.97 Å². The van der Waals surface area contributed by atoms with Crippen LogP contribution in [-0.2, 0) is 4.79 Å². The fourth-order valence-corrected chi connectivity index (χ4v) is 2.04. The van der Waals surface area contributed by atoms with Crippen LogP contribution < -0.4 is 4.74 Å². The first-order chi connectivity index (χ1) is 7.08. The molecule has 1 aromatic rings. The molecular weight excluding hydrogens is 196 g/mol. The molecular formula is C11H12O4. The van der Waals surface area contributed by atoms with Gasteiger partial charge in [0.2, 0.25) is 0 Å². The van der Waals surface area contributed by atoms with E-state index in [0.717, 1.165) is 11.1 Å². The lowest BCUT2D eigenvalue weighted by atomic mass is 9.94. The van der Waals surface area contributed by atoms with Gasteiger partial charge in [-0.15, -0.1) is 0 Å². The summed E-state index contributed by atoms with van der Waals surface area (Å²) in [5.74, 6) is -0.164. The fraction of sp³-hybridized carbons (Fsp3) is 0.364. The summed E-state index contributed by atoms with van der Waals surface area (Å²) in [5.41, 5.74) is 1.80. The lowest BCUT2D eigenvalue weighted by Gasteiger charge is -2.08. The Labute approximate surface area is 87.1 Å². The Kier molecular flexibility index (Phi) is 2.26. The van der Waals surface area contributed by atoms with Crippen LogP contribution in [0.3, 0.4) is 0 Å². The molecule has 0 fully saturated rings. The summed E-state index contributed by atoms with van der Waals surface area (Å²) in [5, 5.41) is 18.1. The van der Waals surface area contributed by atoms with Crippen molar-refractivity contribution < 1.29 is 19.7 Å². The van der Waals surface area contributed by atoms with Crippen LogP contribution in [0.5, 0.6) is 11.5 Å². The van der Waals surface area contributed by atoms with Crippen LogP contribution in [0.15, 0.2) is 12.1 Å². The minimum atomic E-state index is -0.830. The molecule has 0 saturated heterocycles. The SMILES string of the molecule is Cc1cc(O)cc2c1C(CC(=O)O)CO2. The van der Waals surface area contributed by atoms with Crippen LogP contribution in [0.4, 0.5) is 0 Å². The number of carbonyl (C=O) groups is 1. The number of hydrogen-bond acceptors (Lipinski definition) is 3. The predicted octanol–water partition coefficient (Wildman–Crippen LogP) is 1.65. The smallest absolute Gasteiger partial charge is 0.304 e. The highest BCUT2D eigenvalue weighted by molar-refractivity contribution is 5.69. The van der Waals surface area contributed by atoms with E-state index in [1.54, 1.807) is 6.07 Å². The van der Waals surface area contributed by atoms with E-state index in [4.69, 9.17) is 9.84 Å². The van der Waals surface area contributed by atoms with Gasteiger partial charge in [0, 0.05) is 17.5 Å². The number of aromatic hydroxyl groups is 1. The molecule has 80 valence electrons. The minimum Gasteiger partial charge on any atom is -0.508 e. The molecule has 1 atom stereocenters. The Morgan fingerprint density at radius 1 is 1.60 bits per heavy atom. The molecule has 0 bridgehead atoms. The summed E-state index contributed by atoms with van der Waals surface area (Å²) >= 11 is 0. The second kappa shape index (κ2) is 3.46. The normalized spacial score (nSPS) is 18.3. The topological polar surface area (TPSA) is 66.8 Å². The summed E-state index contributed by atoms with van der Waals surface area (Å²) in [6, 6.07) is 3.16. The maximum atomic E-state index is 10.6. The number of aliphatic carboxylic acids is 1. The van der Waals surface area contributed by atoms with Crippen molar-refractivity contribution in [3.05, 3.63) is 23.3 Å². The van der Waals surface area contributed by atoms with Crippen LogP contribution in [-0.4, -0.2) is 22.8 Å². The number of benzene rings is 1. The molecule has 0 amide bonds. The Hall–Kier alpha value is -1.71. The van der Waals surface area contributed by atoms with Gasteiger partial charge in [0.05, 0.1) is 13.0 Å². The van der Waals surface area contributed by atoms with E-state index < -0.39 is 5.97 Å². The molecule has 4 nitrogen and oxygen atoms in total. The number of aryl methyl sites for hydroxylation is 1. The van der Waals surface area contributed by atoms with Crippen LogP contribution in [0.2, 0.25) is 0 Å². The van der Waals surface area contributed by atoms with Gasteiger partial charge in [-0.1, -0.05) is 0 Å². The highest BCUT2D eigenvalue weighted by Gasteiger charge is 2.28. The molecule has 1 aliphatic heterocycles. The van der Waals surface area contributed by atoms with Gasteiger partial charge < -0.3 is 14.9 Å². The molecule has 0 aliphatic carbocycles. The first kappa shape index (κ1) is 9.83. The zero-order valence-electron chi connectivity index (χ0n) is 8.36. The third-order valence-electron chi connectivity index (χ3n) is 2.60. The third kappa shape index (κ3) is 1.75. The molecule has 4 heteroatoms. The predicted molar refractivity (Wildman–Crippen MR) is 53.3 cm³/mol. The van der Waals surface area contributed by atoms with Crippen molar-refractivity contribution in [3.8, 4) is 11.5 Å². The molecule has 1 unspecified atom stereocenters. The van der Waals surface area contributed by atoms with Crippen molar-refractivity contribution in [1.82, 2.24) is 0 Å². The molecule has 0 spiro atoms. The van der Waals surface area contributed by atoms with E-state index in [1.165, 1.54) is 6.07 Å². The van der Waals surface area contributed by atoms with Gasteiger partial charge in [-0.05, 0) is 18.6 Å². The van der Waals surface area contributed by atoms with Crippen molar-refractivity contribution >= 4 is 5.97 Å². The van der Waals surface area contributed by atoms with Gasteiger partial charge in [0.15, 0.2) is 0 Å². The average molecular weight is 208 g/mol.